The van der Waals surface area contributed by atoms with E-state index in [9.17, 15) is 9.18 Å². The molecule has 17 heavy (non-hydrogen) atoms. The number of aldehydes is 1. The van der Waals surface area contributed by atoms with E-state index in [-0.39, 0.29) is 5.82 Å². The molecule has 0 bridgehead atoms. The lowest BCUT2D eigenvalue weighted by Crippen LogP contribution is -2.21. The monoisotopic (exact) mass is 233 g/mol. The summed E-state index contributed by atoms with van der Waals surface area (Å²) in [5.41, 5.74) is 1.07. The summed E-state index contributed by atoms with van der Waals surface area (Å²) in [4.78, 5) is 12.7. The molecule has 2 aliphatic rings. The number of benzene rings is 1. The van der Waals surface area contributed by atoms with Crippen LogP contribution in [-0.2, 0) is 0 Å². The fraction of sp³-hybridized carbons (Fsp3) is 0.500. The Morgan fingerprint density at radius 1 is 1.24 bits per heavy atom. The first-order valence-electron chi connectivity index (χ1n) is 6.27. The van der Waals surface area contributed by atoms with Gasteiger partial charge in [-0.05, 0) is 42.9 Å². The van der Waals surface area contributed by atoms with Crippen LogP contribution in [-0.4, -0.2) is 19.4 Å². The summed E-state index contributed by atoms with van der Waals surface area (Å²) in [6.45, 7) is 1.95. The molecule has 1 aromatic carbocycles. The topological polar surface area (TPSA) is 20.3 Å². The Labute approximate surface area is 100 Å². The highest BCUT2D eigenvalue weighted by Gasteiger charge is 2.36. The minimum absolute atomic E-state index is 0.269. The Kier molecular flexibility index (Phi) is 2.61. The second kappa shape index (κ2) is 4.13. The van der Waals surface area contributed by atoms with Gasteiger partial charge in [0.15, 0.2) is 0 Å². The molecule has 2 nitrogen and oxygen atoms in total. The number of carbonyl (C=O) groups excluding carboxylic acids is 1. The number of anilines is 1. The van der Waals surface area contributed by atoms with Crippen molar-refractivity contribution in [2.75, 3.05) is 18.0 Å². The third-order valence-electron chi connectivity index (χ3n) is 4.17. The molecule has 0 N–H and O–H groups in total. The lowest BCUT2D eigenvalue weighted by atomic mass is 10.0. The molecule has 2 atom stereocenters. The van der Waals surface area contributed by atoms with Crippen LogP contribution in [0.2, 0.25) is 0 Å². The van der Waals surface area contributed by atoms with E-state index in [1.807, 2.05) is 0 Å². The zero-order valence-electron chi connectivity index (χ0n) is 9.73. The zero-order chi connectivity index (χ0) is 11.8. The zero-order valence-corrected chi connectivity index (χ0v) is 9.73. The van der Waals surface area contributed by atoms with E-state index in [0.29, 0.717) is 17.5 Å². The predicted molar refractivity (Wildman–Crippen MR) is 64.8 cm³/mol. The highest BCUT2D eigenvalue weighted by atomic mass is 19.1. The van der Waals surface area contributed by atoms with Gasteiger partial charge in [0.05, 0.1) is 5.69 Å². The van der Waals surface area contributed by atoms with Gasteiger partial charge in [-0.2, -0.15) is 0 Å². The van der Waals surface area contributed by atoms with E-state index in [0.717, 1.165) is 24.9 Å². The molecule has 90 valence electrons. The predicted octanol–water partition coefficient (Wildman–Crippen LogP) is 2.87. The van der Waals surface area contributed by atoms with E-state index in [2.05, 4.69) is 4.90 Å². The van der Waals surface area contributed by atoms with E-state index in [1.165, 1.54) is 25.3 Å². The van der Waals surface area contributed by atoms with E-state index in [4.69, 9.17) is 0 Å². The number of rotatable bonds is 2. The molecular formula is C14H16FNO. The molecule has 2 unspecified atom stereocenters. The number of hydrogen-bond donors (Lipinski definition) is 0. The van der Waals surface area contributed by atoms with Crippen molar-refractivity contribution in [1.29, 1.82) is 0 Å². The maximum Gasteiger partial charge on any atom is 0.150 e. The van der Waals surface area contributed by atoms with Crippen LogP contribution in [0.4, 0.5) is 10.1 Å². The molecule has 3 heteroatoms. The molecule has 0 spiro atoms. The summed E-state index contributed by atoms with van der Waals surface area (Å²) in [6.07, 6.45) is 4.59. The van der Waals surface area contributed by atoms with Gasteiger partial charge in [-0.15, -0.1) is 0 Å². The fourth-order valence-electron chi connectivity index (χ4n) is 3.28. The van der Waals surface area contributed by atoms with Crippen LogP contribution in [0.1, 0.15) is 29.6 Å². The van der Waals surface area contributed by atoms with Crippen LogP contribution >= 0.6 is 0 Å². The van der Waals surface area contributed by atoms with Gasteiger partial charge in [-0.25, -0.2) is 4.39 Å². The Balaban J connectivity index is 1.83. The quantitative estimate of drug-likeness (QED) is 0.732. The highest BCUT2D eigenvalue weighted by Crippen LogP contribution is 2.40. The van der Waals surface area contributed by atoms with Gasteiger partial charge in [-0.3, -0.25) is 4.79 Å². The highest BCUT2D eigenvalue weighted by molar-refractivity contribution is 5.76. The Morgan fingerprint density at radius 3 is 2.53 bits per heavy atom. The Morgan fingerprint density at radius 2 is 1.94 bits per heavy atom. The van der Waals surface area contributed by atoms with E-state index in [1.54, 1.807) is 12.1 Å². The minimum atomic E-state index is -0.269. The van der Waals surface area contributed by atoms with Gasteiger partial charge in [0.2, 0.25) is 0 Å². The number of carbonyl (C=O) groups is 1. The van der Waals surface area contributed by atoms with Crippen molar-refractivity contribution in [3.8, 4) is 0 Å². The minimum Gasteiger partial charge on any atom is -0.369 e. The number of fused-ring (bicyclic) bond motifs is 1. The summed E-state index contributed by atoms with van der Waals surface area (Å²) in [5, 5.41) is 0. The van der Waals surface area contributed by atoms with E-state index >= 15 is 0 Å². The van der Waals surface area contributed by atoms with Gasteiger partial charge in [-0.1, -0.05) is 6.42 Å². The lowest BCUT2D eigenvalue weighted by molar-refractivity contribution is 0.112. The third-order valence-corrected chi connectivity index (χ3v) is 4.17. The normalized spacial score (nSPS) is 27.2. The summed E-state index contributed by atoms with van der Waals surface area (Å²) in [6, 6.07) is 4.76. The van der Waals surface area contributed by atoms with Crippen LogP contribution in [0.5, 0.6) is 0 Å². The maximum atomic E-state index is 13.9. The molecule has 0 amide bonds. The first-order chi connectivity index (χ1) is 8.28. The molecule has 0 aromatic heterocycles. The smallest absolute Gasteiger partial charge is 0.150 e. The van der Waals surface area contributed by atoms with Crippen molar-refractivity contribution in [2.45, 2.75) is 19.3 Å². The number of nitrogens with zero attached hydrogens (tertiary/aromatic N) is 1. The molecule has 0 radical (unpaired) electrons. The van der Waals surface area contributed by atoms with Crippen LogP contribution < -0.4 is 4.90 Å². The Hall–Kier alpha value is -1.38. The Bertz CT molecular complexity index is 434. The molecule has 1 aliphatic heterocycles. The molecule has 1 saturated carbocycles. The van der Waals surface area contributed by atoms with Crippen LogP contribution in [0.25, 0.3) is 0 Å². The van der Waals surface area contributed by atoms with Crippen molar-refractivity contribution in [1.82, 2.24) is 0 Å². The van der Waals surface area contributed by atoms with Crippen molar-refractivity contribution in [2.24, 2.45) is 11.8 Å². The number of hydrogen-bond acceptors (Lipinski definition) is 2. The average molecular weight is 233 g/mol. The molecule has 1 saturated heterocycles. The molecular weight excluding hydrogens is 217 g/mol. The number of halogens is 1. The average Bonchev–Trinajstić information content (AvgIpc) is 2.89. The van der Waals surface area contributed by atoms with Gasteiger partial charge in [0.25, 0.3) is 0 Å². The van der Waals surface area contributed by atoms with Crippen molar-refractivity contribution < 1.29 is 9.18 Å². The SMILES string of the molecule is O=Cc1ccc(N2CC3CCCC3C2)c(F)c1. The van der Waals surface area contributed by atoms with Gasteiger partial charge >= 0.3 is 0 Å². The van der Waals surface area contributed by atoms with Gasteiger partial charge in [0, 0.05) is 18.7 Å². The fourth-order valence-corrected chi connectivity index (χ4v) is 3.28. The summed E-state index contributed by atoms with van der Waals surface area (Å²) >= 11 is 0. The summed E-state index contributed by atoms with van der Waals surface area (Å²) in [5.74, 6) is 1.23. The standard InChI is InChI=1S/C14H16FNO/c15-13-6-10(9-17)4-5-14(13)16-7-11-2-1-3-12(11)8-16/h4-6,9,11-12H,1-3,7-8H2. The molecule has 3 rings (SSSR count). The third kappa shape index (κ3) is 1.84. The first kappa shape index (κ1) is 10.8. The lowest BCUT2D eigenvalue weighted by Gasteiger charge is -2.20. The summed E-state index contributed by atoms with van der Waals surface area (Å²) in [7, 11) is 0. The van der Waals surface area contributed by atoms with Crippen LogP contribution in [0.15, 0.2) is 18.2 Å². The van der Waals surface area contributed by atoms with Crippen molar-refractivity contribution >= 4 is 12.0 Å². The largest absolute Gasteiger partial charge is 0.369 e. The van der Waals surface area contributed by atoms with Crippen LogP contribution in [0, 0.1) is 17.7 Å². The van der Waals surface area contributed by atoms with Crippen molar-refractivity contribution in [3.05, 3.63) is 29.6 Å². The van der Waals surface area contributed by atoms with Gasteiger partial charge in [0.1, 0.15) is 12.1 Å². The molecule has 1 heterocycles. The second-order valence-corrected chi connectivity index (χ2v) is 5.18. The van der Waals surface area contributed by atoms with Crippen LogP contribution in [0.3, 0.4) is 0 Å². The van der Waals surface area contributed by atoms with Gasteiger partial charge < -0.3 is 4.90 Å². The van der Waals surface area contributed by atoms with Crippen molar-refractivity contribution in [3.63, 3.8) is 0 Å². The first-order valence-corrected chi connectivity index (χ1v) is 6.27. The molecule has 1 aliphatic carbocycles. The molecule has 1 aromatic rings. The second-order valence-electron chi connectivity index (χ2n) is 5.18. The maximum absolute atomic E-state index is 13.9. The van der Waals surface area contributed by atoms with E-state index < -0.39 is 0 Å². The molecule has 2 fully saturated rings. The summed E-state index contributed by atoms with van der Waals surface area (Å²) < 4.78 is 13.9.